The number of morpholine rings is 1. The van der Waals surface area contributed by atoms with E-state index < -0.39 is 12.0 Å². The number of rotatable bonds is 7. The number of hydrogen-bond acceptors (Lipinski definition) is 6. The first-order valence-electron chi connectivity index (χ1n) is 8.30. The fourth-order valence-corrected chi connectivity index (χ4v) is 3.55. The number of thioether (sulfide) groups is 1. The maximum absolute atomic E-state index is 12.4. The minimum absolute atomic E-state index is 0.0728. The number of carbonyl (C=O) groups excluding carboxylic acids is 1. The average Bonchev–Trinajstić information content (AvgIpc) is 3.11. The van der Waals surface area contributed by atoms with Crippen molar-refractivity contribution in [2.75, 3.05) is 25.5 Å². The highest BCUT2D eigenvalue weighted by molar-refractivity contribution is 7.99. The third-order valence-electron chi connectivity index (χ3n) is 4.01. The summed E-state index contributed by atoms with van der Waals surface area (Å²) >= 11 is 1.44. The molecule has 0 saturated carbocycles. The molecule has 8 heteroatoms. The zero-order valence-electron chi connectivity index (χ0n) is 14.2. The molecule has 1 N–H and O–H groups in total. The van der Waals surface area contributed by atoms with Crippen LogP contribution in [0.2, 0.25) is 0 Å². The van der Waals surface area contributed by atoms with Gasteiger partial charge in [-0.15, -0.1) is 11.8 Å². The first-order valence-corrected chi connectivity index (χ1v) is 9.45. The Hall–Kier alpha value is -2.32. The second-order valence-electron chi connectivity index (χ2n) is 5.92. The Balaban J connectivity index is 1.50. The normalized spacial score (nSPS) is 17.2. The molecule has 138 valence electrons. The highest BCUT2D eigenvalue weighted by atomic mass is 32.2. The van der Waals surface area contributed by atoms with Crippen LogP contribution in [-0.4, -0.2) is 58.4 Å². The number of carboxylic acid groups (broad SMARTS) is 1. The van der Waals surface area contributed by atoms with E-state index in [1.54, 1.807) is 11.2 Å². The molecule has 1 aliphatic heterocycles. The molecule has 1 amide bonds. The van der Waals surface area contributed by atoms with E-state index in [-0.39, 0.29) is 24.7 Å². The van der Waals surface area contributed by atoms with E-state index in [9.17, 15) is 9.59 Å². The van der Waals surface area contributed by atoms with Gasteiger partial charge in [0.05, 0.1) is 37.1 Å². The van der Waals surface area contributed by atoms with Crippen LogP contribution in [0.1, 0.15) is 12.1 Å². The molecule has 0 bridgehead atoms. The van der Waals surface area contributed by atoms with E-state index in [4.69, 9.17) is 14.3 Å². The SMILES string of the molecule is O=C(O)CC1COCCN1C(=O)CSCc1coc(-c2ccccc2)n1. The van der Waals surface area contributed by atoms with E-state index in [1.165, 1.54) is 11.8 Å². The van der Waals surface area contributed by atoms with Gasteiger partial charge < -0.3 is 19.2 Å². The minimum Gasteiger partial charge on any atom is -0.481 e. The lowest BCUT2D eigenvalue weighted by molar-refractivity contribution is -0.144. The number of carboxylic acids is 1. The molecule has 2 heterocycles. The Bertz CT molecular complexity index is 749. The molecular formula is C18H20N2O5S. The van der Waals surface area contributed by atoms with Gasteiger partial charge in [-0.1, -0.05) is 18.2 Å². The highest BCUT2D eigenvalue weighted by Crippen LogP contribution is 2.21. The van der Waals surface area contributed by atoms with Crippen molar-refractivity contribution in [1.82, 2.24) is 9.88 Å². The van der Waals surface area contributed by atoms with Crippen molar-refractivity contribution in [2.24, 2.45) is 0 Å². The van der Waals surface area contributed by atoms with Gasteiger partial charge in [0.25, 0.3) is 0 Å². The monoisotopic (exact) mass is 376 g/mol. The van der Waals surface area contributed by atoms with Gasteiger partial charge in [-0.25, -0.2) is 4.98 Å². The zero-order chi connectivity index (χ0) is 18.4. The average molecular weight is 376 g/mol. The Kier molecular flexibility index (Phi) is 6.30. The summed E-state index contributed by atoms with van der Waals surface area (Å²) < 4.78 is 10.8. The number of carbonyl (C=O) groups is 2. The maximum Gasteiger partial charge on any atom is 0.305 e. The lowest BCUT2D eigenvalue weighted by Crippen LogP contribution is -2.50. The molecule has 1 atom stereocenters. The molecule has 3 rings (SSSR count). The molecule has 1 aliphatic rings. The second-order valence-corrected chi connectivity index (χ2v) is 6.90. The summed E-state index contributed by atoms with van der Waals surface area (Å²) in [6.45, 7) is 1.14. The van der Waals surface area contributed by atoms with E-state index in [0.29, 0.717) is 24.8 Å². The predicted molar refractivity (Wildman–Crippen MR) is 96.7 cm³/mol. The van der Waals surface area contributed by atoms with Crippen LogP contribution >= 0.6 is 11.8 Å². The summed E-state index contributed by atoms with van der Waals surface area (Å²) in [5, 5.41) is 8.97. The van der Waals surface area contributed by atoms with Gasteiger partial charge in [0.2, 0.25) is 11.8 Å². The molecule has 0 spiro atoms. The number of oxazole rings is 1. The molecule has 1 unspecified atom stereocenters. The first-order chi connectivity index (χ1) is 12.6. The Morgan fingerprint density at radius 2 is 2.12 bits per heavy atom. The van der Waals surface area contributed by atoms with Crippen LogP contribution in [0.5, 0.6) is 0 Å². The van der Waals surface area contributed by atoms with E-state index >= 15 is 0 Å². The number of aliphatic carboxylic acids is 1. The Morgan fingerprint density at radius 1 is 1.31 bits per heavy atom. The van der Waals surface area contributed by atoms with Gasteiger partial charge in [-0.05, 0) is 12.1 Å². The zero-order valence-corrected chi connectivity index (χ0v) is 15.0. The summed E-state index contributed by atoms with van der Waals surface area (Å²) in [6.07, 6.45) is 1.50. The van der Waals surface area contributed by atoms with Crippen molar-refractivity contribution in [3.8, 4) is 11.5 Å². The van der Waals surface area contributed by atoms with Gasteiger partial charge in [-0.2, -0.15) is 0 Å². The molecule has 1 aromatic heterocycles. The number of benzene rings is 1. The third-order valence-corrected chi connectivity index (χ3v) is 4.96. The van der Waals surface area contributed by atoms with Crippen LogP contribution in [0.4, 0.5) is 0 Å². The van der Waals surface area contributed by atoms with Crippen molar-refractivity contribution in [1.29, 1.82) is 0 Å². The standard InChI is InChI=1S/C18H20N2O5S/c21-16(20-6-7-24-10-15(20)8-17(22)23)12-26-11-14-9-25-18(19-14)13-4-2-1-3-5-13/h1-5,9,15H,6-8,10-12H2,(H,22,23). The fraction of sp³-hybridized carbons (Fsp3) is 0.389. The number of amides is 1. The Labute approximate surface area is 155 Å². The lowest BCUT2D eigenvalue weighted by Gasteiger charge is -2.34. The fourth-order valence-electron chi connectivity index (χ4n) is 2.77. The number of nitrogens with zero attached hydrogens (tertiary/aromatic N) is 2. The number of ether oxygens (including phenoxy) is 1. The van der Waals surface area contributed by atoms with Crippen LogP contribution in [0, 0.1) is 0 Å². The van der Waals surface area contributed by atoms with Crippen molar-refractivity contribution >= 4 is 23.6 Å². The molecule has 1 fully saturated rings. The smallest absolute Gasteiger partial charge is 0.305 e. The third kappa shape index (κ3) is 4.86. The Morgan fingerprint density at radius 3 is 2.88 bits per heavy atom. The van der Waals surface area contributed by atoms with E-state index in [2.05, 4.69) is 4.98 Å². The molecule has 7 nitrogen and oxygen atoms in total. The van der Waals surface area contributed by atoms with Gasteiger partial charge in [0.15, 0.2) is 0 Å². The van der Waals surface area contributed by atoms with Crippen molar-refractivity contribution in [2.45, 2.75) is 18.2 Å². The quantitative estimate of drug-likeness (QED) is 0.792. The van der Waals surface area contributed by atoms with Gasteiger partial charge in [-0.3, -0.25) is 9.59 Å². The number of aromatic nitrogens is 1. The van der Waals surface area contributed by atoms with Crippen LogP contribution in [0.15, 0.2) is 41.0 Å². The van der Waals surface area contributed by atoms with Crippen molar-refractivity contribution in [3.05, 3.63) is 42.3 Å². The molecule has 2 aromatic rings. The van der Waals surface area contributed by atoms with Gasteiger partial charge in [0.1, 0.15) is 6.26 Å². The van der Waals surface area contributed by atoms with Crippen LogP contribution < -0.4 is 0 Å². The number of hydrogen-bond donors (Lipinski definition) is 1. The second kappa shape index (κ2) is 8.86. The predicted octanol–water partition coefficient (Wildman–Crippen LogP) is 2.28. The minimum atomic E-state index is -0.929. The summed E-state index contributed by atoms with van der Waals surface area (Å²) in [4.78, 5) is 29.4. The lowest BCUT2D eigenvalue weighted by atomic mass is 10.1. The molecule has 0 radical (unpaired) electrons. The largest absolute Gasteiger partial charge is 0.481 e. The summed E-state index contributed by atoms with van der Waals surface area (Å²) in [5.41, 5.74) is 1.68. The van der Waals surface area contributed by atoms with Crippen LogP contribution in [-0.2, 0) is 20.1 Å². The molecule has 0 aliphatic carbocycles. The summed E-state index contributed by atoms with van der Waals surface area (Å²) in [7, 11) is 0. The summed E-state index contributed by atoms with van der Waals surface area (Å²) in [5.74, 6) is 0.375. The molecule has 1 aromatic carbocycles. The van der Waals surface area contributed by atoms with E-state index in [0.717, 1.165) is 11.3 Å². The van der Waals surface area contributed by atoms with Crippen LogP contribution in [0.25, 0.3) is 11.5 Å². The van der Waals surface area contributed by atoms with Crippen LogP contribution in [0.3, 0.4) is 0 Å². The topological polar surface area (TPSA) is 92.9 Å². The molecular weight excluding hydrogens is 356 g/mol. The van der Waals surface area contributed by atoms with E-state index in [1.807, 2.05) is 30.3 Å². The highest BCUT2D eigenvalue weighted by Gasteiger charge is 2.28. The maximum atomic E-state index is 12.4. The molecule has 26 heavy (non-hydrogen) atoms. The van der Waals surface area contributed by atoms with Gasteiger partial charge in [0, 0.05) is 17.9 Å². The first kappa shape index (κ1) is 18.5. The van der Waals surface area contributed by atoms with Crippen molar-refractivity contribution < 1.29 is 23.8 Å². The molecule has 1 saturated heterocycles. The van der Waals surface area contributed by atoms with Crippen molar-refractivity contribution in [3.63, 3.8) is 0 Å². The van der Waals surface area contributed by atoms with Gasteiger partial charge >= 0.3 is 5.97 Å². The summed E-state index contributed by atoms with van der Waals surface area (Å²) in [6, 6.07) is 9.22.